The Hall–Kier alpha value is -2.60. The third-order valence-electron chi connectivity index (χ3n) is 3.33. The van der Waals surface area contributed by atoms with Crippen LogP contribution in [0.4, 0.5) is 5.82 Å². The van der Waals surface area contributed by atoms with E-state index in [1.54, 1.807) is 47.3 Å². The molecule has 1 aromatic heterocycles. The molecular formula is C18H20ClN3O3. The molecule has 1 aromatic carbocycles. The van der Waals surface area contributed by atoms with Crippen molar-refractivity contribution in [2.75, 3.05) is 5.32 Å². The van der Waals surface area contributed by atoms with Crippen molar-refractivity contribution >= 4 is 35.4 Å². The summed E-state index contributed by atoms with van der Waals surface area (Å²) in [6, 6.07) is 8.83. The molecule has 0 aliphatic heterocycles. The van der Waals surface area contributed by atoms with Gasteiger partial charge in [-0.25, -0.2) is 9.48 Å². The second kappa shape index (κ2) is 8.48. The van der Waals surface area contributed by atoms with E-state index in [-0.39, 0.29) is 6.04 Å². The first-order valence-electron chi connectivity index (χ1n) is 7.85. The van der Waals surface area contributed by atoms with E-state index >= 15 is 0 Å². The van der Waals surface area contributed by atoms with Crippen molar-refractivity contribution in [3.63, 3.8) is 0 Å². The highest BCUT2D eigenvalue weighted by molar-refractivity contribution is 6.30. The zero-order valence-corrected chi connectivity index (χ0v) is 15.0. The van der Waals surface area contributed by atoms with Gasteiger partial charge in [-0.3, -0.25) is 4.79 Å². The molecule has 1 heterocycles. The highest BCUT2D eigenvalue weighted by Crippen LogP contribution is 2.14. The van der Waals surface area contributed by atoms with Crippen molar-refractivity contribution in [3.05, 3.63) is 53.2 Å². The van der Waals surface area contributed by atoms with Crippen molar-refractivity contribution in [1.29, 1.82) is 0 Å². The number of amides is 1. The fourth-order valence-electron chi connectivity index (χ4n) is 2.09. The number of ether oxygens (including phenoxy) is 1. The number of hydrogen-bond acceptors (Lipinski definition) is 4. The molecular weight excluding hydrogens is 342 g/mol. The van der Waals surface area contributed by atoms with Crippen molar-refractivity contribution in [3.8, 4) is 0 Å². The number of esters is 1. The third-order valence-corrected chi connectivity index (χ3v) is 3.57. The van der Waals surface area contributed by atoms with Gasteiger partial charge in [-0.05, 0) is 44.5 Å². The molecule has 2 rings (SSSR count). The molecule has 0 unspecified atom stereocenters. The molecule has 0 saturated heterocycles. The number of carbonyl (C=O) groups excluding carboxylic acids is 2. The SMILES string of the molecule is CC(C)n1nccc1NC(=O)[C@@H](C)OC(=O)/C=C/c1cccc(Cl)c1. The molecule has 1 N–H and O–H groups in total. The van der Waals surface area contributed by atoms with Crippen LogP contribution in [0, 0.1) is 0 Å². The Morgan fingerprint density at radius 3 is 2.72 bits per heavy atom. The first-order chi connectivity index (χ1) is 11.9. The Kier molecular flexibility index (Phi) is 6.36. The van der Waals surface area contributed by atoms with Gasteiger partial charge in [0, 0.05) is 23.2 Å². The summed E-state index contributed by atoms with van der Waals surface area (Å²) >= 11 is 5.88. The maximum atomic E-state index is 12.2. The van der Waals surface area contributed by atoms with Gasteiger partial charge in [0.25, 0.3) is 5.91 Å². The average Bonchev–Trinajstić information content (AvgIpc) is 3.01. The Labute approximate surface area is 151 Å². The second-order valence-electron chi connectivity index (χ2n) is 5.71. The number of nitrogens with zero attached hydrogens (tertiary/aromatic N) is 2. The first-order valence-corrected chi connectivity index (χ1v) is 8.23. The molecule has 2 aromatic rings. The molecule has 6 nitrogen and oxygen atoms in total. The molecule has 0 aliphatic carbocycles. The minimum atomic E-state index is -0.938. The number of benzene rings is 1. The topological polar surface area (TPSA) is 73.2 Å². The zero-order chi connectivity index (χ0) is 18.4. The van der Waals surface area contributed by atoms with Crippen LogP contribution in [0.1, 0.15) is 32.4 Å². The standard InChI is InChI=1S/C18H20ClN3O3/c1-12(2)22-16(9-10-20-22)21-18(24)13(3)25-17(23)8-7-14-5-4-6-15(19)11-14/h4-13H,1-3H3,(H,21,24)/b8-7+/t13-/m1/s1. The van der Waals surface area contributed by atoms with Crippen molar-refractivity contribution in [2.24, 2.45) is 0 Å². The van der Waals surface area contributed by atoms with Gasteiger partial charge in [0.05, 0.1) is 6.20 Å². The summed E-state index contributed by atoms with van der Waals surface area (Å²) in [5.74, 6) is -0.482. The summed E-state index contributed by atoms with van der Waals surface area (Å²) in [5, 5.41) is 7.41. The van der Waals surface area contributed by atoms with Crippen LogP contribution in [-0.4, -0.2) is 27.8 Å². The smallest absolute Gasteiger partial charge is 0.331 e. The Morgan fingerprint density at radius 2 is 2.04 bits per heavy atom. The molecule has 0 spiro atoms. The number of carbonyl (C=O) groups is 2. The molecule has 1 amide bonds. The number of halogens is 1. The van der Waals surface area contributed by atoms with E-state index in [9.17, 15) is 9.59 Å². The number of anilines is 1. The first kappa shape index (κ1) is 18.7. The average molecular weight is 362 g/mol. The van der Waals surface area contributed by atoms with Crippen molar-refractivity contribution in [2.45, 2.75) is 32.9 Å². The lowest BCUT2D eigenvalue weighted by molar-refractivity contribution is -0.148. The van der Waals surface area contributed by atoms with Crippen LogP contribution in [0.2, 0.25) is 5.02 Å². The number of aromatic nitrogens is 2. The molecule has 0 bridgehead atoms. The van der Waals surface area contributed by atoms with Crippen molar-refractivity contribution in [1.82, 2.24) is 9.78 Å². The van der Waals surface area contributed by atoms with Gasteiger partial charge in [-0.2, -0.15) is 5.10 Å². The Bertz CT molecular complexity index is 783. The molecule has 0 aliphatic rings. The lowest BCUT2D eigenvalue weighted by Gasteiger charge is -2.15. The predicted molar refractivity (Wildman–Crippen MR) is 97.3 cm³/mol. The van der Waals surface area contributed by atoms with E-state index in [0.717, 1.165) is 5.56 Å². The van der Waals surface area contributed by atoms with Crippen LogP contribution in [0.5, 0.6) is 0 Å². The largest absolute Gasteiger partial charge is 0.449 e. The van der Waals surface area contributed by atoms with Gasteiger partial charge in [0.15, 0.2) is 6.10 Å². The molecule has 25 heavy (non-hydrogen) atoms. The van der Waals surface area contributed by atoms with E-state index < -0.39 is 18.0 Å². The molecule has 0 fully saturated rings. The third kappa shape index (κ3) is 5.46. The highest BCUT2D eigenvalue weighted by atomic mass is 35.5. The van der Waals surface area contributed by atoms with Crippen LogP contribution < -0.4 is 5.32 Å². The van der Waals surface area contributed by atoms with Crippen molar-refractivity contribution < 1.29 is 14.3 Å². The molecule has 7 heteroatoms. The maximum Gasteiger partial charge on any atom is 0.331 e. The van der Waals surface area contributed by atoms with Gasteiger partial charge in [0.2, 0.25) is 0 Å². The van der Waals surface area contributed by atoms with E-state index in [2.05, 4.69) is 10.4 Å². The van der Waals surface area contributed by atoms with Crippen LogP contribution in [0.15, 0.2) is 42.6 Å². The number of nitrogens with one attached hydrogen (secondary N) is 1. The highest BCUT2D eigenvalue weighted by Gasteiger charge is 2.18. The van der Waals surface area contributed by atoms with E-state index in [0.29, 0.717) is 10.8 Å². The van der Waals surface area contributed by atoms with Crippen LogP contribution in [0.25, 0.3) is 6.08 Å². The van der Waals surface area contributed by atoms with Crippen LogP contribution in [-0.2, 0) is 14.3 Å². The Balaban J connectivity index is 1.92. The Morgan fingerprint density at radius 1 is 1.28 bits per heavy atom. The summed E-state index contributed by atoms with van der Waals surface area (Å²) in [7, 11) is 0. The van der Waals surface area contributed by atoms with Crippen LogP contribution in [0.3, 0.4) is 0 Å². The summed E-state index contributed by atoms with van der Waals surface area (Å²) in [4.78, 5) is 24.0. The molecule has 1 atom stereocenters. The molecule has 132 valence electrons. The monoisotopic (exact) mass is 361 g/mol. The fourth-order valence-corrected chi connectivity index (χ4v) is 2.29. The van der Waals surface area contributed by atoms with E-state index in [1.807, 2.05) is 13.8 Å². The minimum absolute atomic E-state index is 0.101. The number of hydrogen-bond donors (Lipinski definition) is 1. The van der Waals surface area contributed by atoms with E-state index in [1.165, 1.54) is 13.0 Å². The van der Waals surface area contributed by atoms with E-state index in [4.69, 9.17) is 16.3 Å². The normalized spacial score (nSPS) is 12.4. The summed E-state index contributed by atoms with van der Waals surface area (Å²) in [6.45, 7) is 5.41. The fraction of sp³-hybridized carbons (Fsp3) is 0.278. The summed E-state index contributed by atoms with van der Waals surface area (Å²) in [5.41, 5.74) is 0.766. The quantitative estimate of drug-likeness (QED) is 0.629. The molecule has 0 radical (unpaired) electrons. The summed E-state index contributed by atoms with van der Waals surface area (Å²) in [6.07, 6.45) is 3.49. The lowest BCUT2D eigenvalue weighted by Crippen LogP contribution is -2.30. The summed E-state index contributed by atoms with van der Waals surface area (Å²) < 4.78 is 6.78. The minimum Gasteiger partial charge on any atom is -0.449 e. The van der Waals surface area contributed by atoms with Gasteiger partial charge < -0.3 is 10.1 Å². The maximum absolute atomic E-state index is 12.2. The van der Waals surface area contributed by atoms with Gasteiger partial charge >= 0.3 is 5.97 Å². The lowest BCUT2D eigenvalue weighted by atomic mass is 10.2. The van der Waals surface area contributed by atoms with Gasteiger partial charge in [-0.15, -0.1) is 0 Å². The number of rotatable bonds is 6. The molecule has 0 saturated carbocycles. The second-order valence-corrected chi connectivity index (χ2v) is 6.15. The predicted octanol–water partition coefficient (Wildman–Crippen LogP) is 3.70. The zero-order valence-electron chi connectivity index (χ0n) is 14.3. The van der Waals surface area contributed by atoms with Gasteiger partial charge in [0.1, 0.15) is 5.82 Å². The van der Waals surface area contributed by atoms with Crippen LogP contribution >= 0.6 is 11.6 Å². The van der Waals surface area contributed by atoms with Gasteiger partial charge in [-0.1, -0.05) is 23.7 Å².